The van der Waals surface area contributed by atoms with Gasteiger partial charge in [0, 0.05) is 24.9 Å². The second-order valence-corrected chi connectivity index (χ2v) is 9.66. The summed E-state index contributed by atoms with van der Waals surface area (Å²) in [6.45, 7) is 0.826. The van der Waals surface area contributed by atoms with Crippen LogP contribution < -0.4 is 10.3 Å². The van der Waals surface area contributed by atoms with Crippen molar-refractivity contribution in [1.82, 2.24) is 19.1 Å². The fourth-order valence-electron chi connectivity index (χ4n) is 4.64. The summed E-state index contributed by atoms with van der Waals surface area (Å²) in [6.07, 6.45) is 8.87. The van der Waals surface area contributed by atoms with Crippen LogP contribution in [0.3, 0.4) is 0 Å². The van der Waals surface area contributed by atoms with E-state index in [1.807, 2.05) is 77.4 Å². The monoisotopic (exact) mass is 553 g/mol. The molecular weight excluding hydrogens is 529 g/mol. The van der Waals surface area contributed by atoms with Crippen molar-refractivity contribution in [3.63, 3.8) is 0 Å². The largest absolute Gasteiger partial charge is 0.489 e. The average Bonchev–Trinajstić information content (AvgIpc) is 3.46. The second kappa shape index (κ2) is 11.7. The number of nitrogens with zero attached hydrogens (tertiary/aromatic N) is 5. The second-order valence-electron chi connectivity index (χ2n) is 9.66. The molecule has 0 saturated carbocycles. The summed E-state index contributed by atoms with van der Waals surface area (Å²) in [5, 5.41) is 9.85. The highest BCUT2D eigenvalue weighted by molar-refractivity contribution is 5.82. The molecule has 3 aromatic heterocycles. The van der Waals surface area contributed by atoms with Crippen LogP contribution in [0.2, 0.25) is 0 Å². The Kier molecular flexibility index (Phi) is 7.38. The topological polar surface area (TPSA) is 85.7 Å². The van der Waals surface area contributed by atoms with Crippen molar-refractivity contribution in [2.24, 2.45) is 0 Å². The van der Waals surface area contributed by atoms with Crippen LogP contribution >= 0.6 is 0 Å². The van der Waals surface area contributed by atoms with Gasteiger partial charge in [0.05, 0.1) is 29.3 Å². The van der Waals surface area contributed by atoms with Gasteiger partial charge in [0.1, 0.15) is 30.1 Å². The van der Waals surface area contributed by atoms with Gasteiger partial charge in [0.25, 0.3) is 5.56 Å². The van der Waals surface area contributed by atoms with Crippen molar-refractivity contribution in [2.75, 3.05) is 0 Å². The molecule has 0 bridgehead atoms. The number of hydrogen-bond acceptors (Lipinski definition) is 5. The van der Waals surface area contributed by atoms with Gasteiger partial charge in [-0.2, -0.15) is 5.26 Å². The molecule has 0 aliphatic rings. The highest BCUT2D eigenvalue weighted by Crippen LogP contribution is 2.23. The van der Waals surface area contributed by atoms with Crippen LogP contribution in [0, 0.1) is 17.1 Å². The summed E-state index contributed by atoms with van der Waals surface area (Å²) in [4.78, 5) is 21.8. The molecule has 3 heterocycles. The van der Waals surface area contributed by atoms with E-state index in [0.29, 0.717) is 30.2 Å². The lowest BCUT2D eigenvalue weighted by molar-refractivity contribution is 0.306. The van der Waals surface area contributed by atoms with Crippen LogP contribution in [0.5, 0.6) is 5.75 Å². The van der Waals surface area contributed by atoms with Gasteiger partial charge in [-0.3, -0.25) is 9.36 Å². The zero-order valence-electron chi connectivity index (χ0n) is 22.4. The van der Waals surface area contributed by atoms with Crippen molar-refractivity contribution in [3.8, 4) is 17.6 Å². The Labute approximate surface area is 241 Å². The highest BCUT2D eigenvalue weighted by Gasteiger charge is 2.09. The first-order valence-electron chi connectivity index (χ1n) is 13.2. The molecule has 0 amide bonds. The predicted octanol–water partition coefficient (Wildman–Crippen LogP) is 6.39. The molecule has 0 N–H and O–H groups in total. The molecule has 204 valence electrons. The van der Waals surface area contributed by atoms with Gasteiger partial charge < -0.3 is 9.30 Å². The molecule has 0 aliphatic carbocycles. The molecule has 3 aromatic carbocycles. The molecule has 0 unspecified atom stereocenters. The first-order valence-corrected chi connectivity index (χ1v) is 13.2. The molecule has 8 heteroatoms. The molecule has 0 atom stereocenters. The number of nitriles is 1. The molecule has 0 aliphatic heterocycles. The van der Waals surface area contributed by atoms with Gasteiger partial charge in [-0.05, 0) is 70.6 Å². The molecule has 0 radical (unpaired) electrons. The number of imidazole rings is 1. The Bertz CT molecular complexity index is 2010. The van der Waals surface area contributed by atoms with Crippen LogP contribution in [0.25, 0.3) is 28.9 Å². The van der Waals surface area contributed by atoms with E-state index < -0.39 is 5.82 Å². The zero-order chi connectivity index (χ0) is 28.9. The summed E-state index contributed by atoms with van der Waals surface area (Å²) >= 11 is 0. The standard InChI is InChI=1S/C34H24FN5O2/c35-31-16-26(6-9-28(31)18-36)21-39-23-37-20-29(39)12-7-24-8-14-33(38-19-24)40-32-17-30(13-10-27(32)11-15-34(40)41)42-22-25-4-2-1-3-5-25/h1-17,19-20,23H,21-22H2. The summed E-state index contributed by atoms with van der Waals surface area (Å²) < 4.78 is 23.5. The molecule has 42 heavy (non-hydrogen) atoms. The van der Waals surface area contributed by atoms with Gasteiger partial charge >= 0.3 is 0 Å². The van der Waals surface area contributed by atoms with E-state index in [1.165, 1.54) is 18.2 Å². The summed E-state index contributed by atoms with van der Waals surface area (Å²) in [5.74, 6) is 0.612. The van der Waals surface area contributed by atoms with Gasteiger partial charge in [-0.15, -0.1) is 0 Å². The van der Waals surface area contributed by atoms with Gasteiger partial charge in [0.2, 0.25) is 0 Å². The smallest absolute Gasteiger partial charge is 0.256 e. The first kappa shape index (κ1) is 26.4. The van der Waals surface area contributed by atoms with E-state index in [1.54, 1.807) is 41.5 Å². The van der Waals surface area contributed by atoms with E-state index in [0.717, 1.165) is 27.8 Å². The minimum absolute atomic E-state index is 0.0167. The quantitative estimate of drug-likeness (QED) is 0.218. The SMILES string of the molecule is N#Cc1ccc(Cn2cncc2C=Cc2ccc(-n3c(=O)ccc4ccc(OCc5ccccc5)cc43)nc2)cc1F. The Morgan fingerprint density at radius 1 is 0.905 bits per heavy atom. The van der Waals surface area contributed by atoms with Gasteiger partial charge in [0.15, 0.2) is 0 Å². The van der Waals surface area contributed by atoms with Crippen molar-refractivity contribution in [2.45, 2.75) is 13.2 Å². The minimum atomic E-state index is -0.542. The number of fused-ring (bicyclic) bond motifs is 1. The molecular formula is C34H24FN5O2. The zero-order valence-corrected chi connectivity index (χ0v) is 22.4. The van der Waals surface area contributed by atoms with Crippen molar-refractivity contribution >= 4 is 23.1 Å². The van der Waals surface area contributed by atoms with E-state index in [2.05, 4.69) is 9.97 Å². The lowest BCUT2D eigenvalue weighted by Gasteiger charge is -2.12. The number of rotatable bonds is 8. The number of benzene rings is 3. The lowest BCUT2D eigenvalue weighted by Crippen LogP contribution is -2.18. The third-order valence-corrected chi connectivity index (χ3v) is 6.81. The van der Waals surface area contributed by atoms with E-state index in [-0.39, 0.29) is 11.1 Å². The third-order valence-electron chi connectivity index (χ3n) is 6.81. The highest BCUT2D eigenvalue weighted by atomic mass is 19.1. The Morgan fingerprint density at radius 3 is 2.55 bits per heavy atom. The Hall–Kier alpha value is -5.81. The van der Waals surface area contributed by atoms with Crippen LogP contribution in [0.15, 0.2) is 115 Å². The van der Waals surface area contributed by atoms with Crippen molar-refractivity contribution in [1.29, 1.82) is 5.26 Å². The number of hydrogen-bond donors (Lipinski definition) is 0. The van der Waals surface area contributed by atoms with Crippen molar-refractivity contribution < 1.29 is 9.13 Å². The minimum Gasteiger partial charge on any atom is -0.489 e. The normalized spacial score (nSPS) is 11.1. The van der Waals surface area contributed by atoms with Crippen LogP contribution in [0.4, 0.5) is 4.39 Å². The third kappa shape index (κ3) is 5.71. The Balaban J connectivity index is 1.22. The van der Waals surface area contributed by atoms with Gasteiger partial charge in [-0.25, -0.2) is 14.4 Å². The number of pyridine rings is 2. The van der Waals surface area contributed by atoms with Crippen LogP contribution in [-0.2, 0) is 13.2 Å². The maximum Gasteiger partial charge on any atom is 0.256 e. The maximum atomic E-state index is 14.0. The molecule has 6 aromatic rings. The molecule has 7 nitrogen and oxygen atoms in total. The first-order chi connectivity index (χ1) is 20.6. The Morgan fingerprint density at radius 2 is 1.76 bits per heavy atom. The fourth-order valence-corrected chi connectivity index (χ4v) is 4.64. The van der Waals surface area contributed by atoms with E-state index in [9.17, 15) is 9.18 Å². The van der Waals surface area contributed by atoms with Crippen LogP contribution in [-0.4, -0.2) is 19.1 Å². The summed E-state index contributed by atoms with van der Waals surface area (Å²) in [6, 6.07) is 29.0. The molecule has 0 fully saturated rings. The van der Waals surface area contributed by atoms with E-state index in [4.69, 9.17) is 10.00 Å². The molecule has 0 spiro atoms. The lowest BCUT2D eigenvalue weighted by atomic mass is 10.1. The fraction of sp³-hybridized carbons (Fsp3) is 0.0588. The average molecular weight is 554 g/mol. The number of aromatic nitrogens is 4. The van der Waals surface area contributed by atoms with E-state index >= 15 is 0 Å². The molecule has 6 rings (SSSR count). The summed E-state index contributed by atoms with van der Waals surface area (Å²) in [5.41, 5.74) is 3.95. The molecule has 0 saturated heterocycles. The maximum absolute atomic E-state index is 14.0. The van der Waals surface area contributed by atoms with Crippen molar-refractivity contribution in [3.05, 3.63) is 154 Å². The van der Waals surface area contributed by atoms with Crippen LogP contribution in [0.1, 0.15) is 27.9 Å². The predicted molar refractivity (Wildman–Crippen MR) is 159 cm³/mol. The summed E-state index contributed by atoms with van der Waals surface area (Å²) in [7, 11) is 0. The van der Waals surface area contributed by atoms with Gasteiger partial charge in [-0.1, -0.05) is 42.5 Å². The number of halogens is 1. The number of ether oxygens (including phenoxy) is 1.